The van der Waals surface area contributed by atoms with E-state index in [2.05, 4.69) is 46.1 Å². The zero-order valence-corrected chi connectivity index (χ0v) is 15.4. The lowest BCUT2D eigenvalue weighted by atomic mass is 10.0. The fourth-order valence-corrected chi connectivity index (χ4v) is 3.28. The van der Waals surface area contributed by atoms with Gasteiger partial charge in [0.15, 0.2) is 0 Å². The third-order valence-electron chi connectivity index (χ3n) is 4.86. The molecule has 4 heteroatoms. The molecule has 3 rings (SSSR count). The maximum Gasteiger partial charge on any atom is 0.0940 e. The molecule has 4 nitrogen and oxygen atoms in total. The monoisotopic (exact) mass is 351 g/mol. The molecule has 0 saturated carbocycles. The van der Waals surface area contributed by atoms with Crippen LogP contribution in [0.2, 0.25) is 0 Å². The number of benzene rings is 2. The molecule has 0 amide bonds. The molecular formula is C22H29N3O. The van der Waals surface area contributed by atoms with Crippen molar-refractivity contribution < 1.29 is 5.11 Å². The average Bonchev–Trinajstić information content (AvgIpc) is 3.10. The quantitative estimate of drug-likeness (QED) is 0.424. The van der Waals surface area contributed by atoms with E-state index in [0.29, 0.717) is 0 Å². The number of aromatic amines is 1. The number of hydrogen-bond acceptors (Lipinski definition) is 3. The molecule has 0 aliphatic rings. The van der Waals surface area contributed by atoms with Crippen LogP contribution in [0.25, 0.3) is 10.9 Å². The van der Waals surface area contributed by atoms with Crippen LogP contribution in [0.3, 0.4) is 0 Å². The van der Waals surface area contributed by atoms with Crippen molar-refractivity contribution >= 4 is 10.9 Å². The Balaban J connectivity index is 1.30. The van der Waals surface area contributed by atoms with Gasteiger partial charge in [-0.15, -0.1) is 0 Å². The van der Waals surface area contributed by atoms with Crippen molar-refractivity contribution in [3.8, 4) is 0 Å². The minimum absolute atomic E-state index is 0.0450. The summed E-state index contributed by atoms with van der Waals surface area (Å²) in [5, 5.41) is 18.6. The first kappa shape index (κ1) is 18.6. The summed E-state index contributed by atoms with van der Waals surface area (Å²) in [6.07, 6.45) is 3.71. The molecule has 3 aromatic rings. The Morgan fingerprint density at radius 1 is 0.962 bits per heavy atom. The third-order valence-corrected chi connectivity index (χ3v) is 4.86. The minimum atomic E-state index is -0.467. The summed E-state index contributed by atoms with van der Waals surface area (Å²) >= 11 is 0. The molecule has 138 valence electrons. The molecule has 2 atom stereocenters. The smallest absolute Gasteiger partial charge is 0.0940 e. The van der Waals surface area contributed by atoms with Gasteiger partial charge in [0, 0.05) is 23.1 Å². The summed E-state index contributed by atoms with van der Waals surface area (Å²) < 4.78 is 0. The van der Waals surface area contributed by atoms with Crippen LogP contribution in [-0.4, -0.2) is 35.8 Å². The summed E-state index contributed by atoms with van der Waals surface area (Å²) in [5.74, 6) is 0. The number of hydrogen-bond donors (Lipinski definition) is 4. The zero-order valence-electron chi connectivity index (χ0n) is 15.4. The lowest BCUT2D eigenvalue weighted by molar-refractivity contribution is 0.136. The second-order valence-electron chi connectivity index (χ2n) is 6.81. The molecule has 0 radical (unpaired) electrons. The van der Waals surface area contributed by atoms with Gasteiger partial charge < -0.3 is 20.7 Å². The number of fused-ring (bicyclic) bond motifs is 1. The summed E-state index contributed by atoms with van der Waals surface area (Å²) in [5.41, 5.74) is 3.54. The van der Waals surface area contributed by atoms with E-state index < -0.39 is 6.10 Å². The van der Waals surface area contributed by atoms with Gasteiger partial charge in [0.05, 0.1) is 6.10 Å². The van der Waals surface area contributed by atoms with Crippen LogP contribution in [0.5, 0.6) is 0 Å². The van der Waals surface area contributed by atoms with Crippen LogP contribution in [0.15, 0.2) is 60.8 Å². The molecule has 0 fully saturated rings. The predicted molar refractivity (Wildman–Crippen MR) is 108 cm³/mol. The molecular weight excluding hydrogens is 322 g/mol. The number of nitrogens with one attached hydrogen (secondary N) is 3. The molecule has 2 unspecified atom stereocenters. The maximum atomic E-state index is 10.3. The summed E-state index contributed by atoms with van der Waals surface area (Å²) in [6, 6.07) is 18.3. The van der Waals surface area contributed by atoms with Crippen molar-refractivity contribution in [3.05, 3.63) is 71.9 Å². The number of rotatable bonds is 10. The largest absolute Gasteiger partial charge is 0.387 e. The van der Waals surface area contributed by atoms with Crippen LogP contribution in [-0.2, 0) is 6.42 Å². The molecule has 0 saturated heterocycles. The first-order valence-electron chi connectivity index (χ1n) is 9.48. The maximum absolute atomic E-state index is 10.3. The number of aromatic nitrogens is 1. The third kappa shape index (κ3) is 4.94. The molecule has 0 aliphatic heterocycles. The zero-order chi connectivity index (χ0) is 18.2. The first-order valence-corrected chi connectivity index (χ1v) is 9.48. The normalized spacial score (nSPS) is 13.8. The highest BCUT2D eigenvalue weighted by molar-refractivity contribution is 5.83. The van der Waals surface area contributed by atoms with Gasteiger partial charge in [-0.25, -0.2) is 0 Å². The second kappa shape index (κ2) is 9.53. The SMILES string of the molecule is CC(NCCCNCCc1c[nH]c2ccccc12)C(O)c1ccccc1. The molecule has 2 aromatic carbocycles. The van der Waals surface area contributed by atoms with Crippen molar-refractivity contribution in [1.29, 1.82) is 0 Å². The Morgan fingerprint density at radius 2 is 1.73 bits per heavy atom. The molecule has 26 heavy (non-hydrogen) atoms. The van der Waals surface area contributed by atoms with Crippen molar-refractivity contribution in [1.82, 2.24) is 15.6 Å². The lowest BCUT2D eigenvalue weighted by Gasteiger charge is -2.20. The molecule has 0 spiro atoms. The second-order valence-corrected chi connectivity index (χ2v) is 6.81. The number of aliphatic hydroxyl groups excluding tert-OH is 1. The van der Waals surface area contributed by atoms with E-state index in [-0.39, 0.29) is 6.04 Å². The van der Waals surface area contributed by atoms with Gasteiger partial charge in [-0.1, -0.05) is 48.5 Å². The van der Waals surface area contributed by atoms with Gasteiger partial charge in [0.25, 0.3) is 0 Å². The van der Waals surface area contributed by atoms with E-state index in [0.717, 1.165) is 38.0 Å². The first-order chi connectivity index (χ1) is 12.8. The van der Waals surface area contributed by atoms with Crippen molar-refractivity contribution in [2.45, 2.75) is 31.9 Å². The van der Waals surface area contributed by atoms with Crippen LogP contribution in [0.1, 0.15) is 30.6 Å². The Hall–Kier alpha value is -2.14. The van der Waals surface area contributed by atoms with E-state index in [1.807, 2.05) is 37.3 Å². The topological polar surface area (TPSA) is 60.1 Å². The van der Waals surface area contributed by atoms with Crippen molar-refractivity contribution in [3.63, 3.8) is 0 Å². The van der Waals surface area contributed by atoms with Crippen LogP contribution in [0.4, 0.5) is 0 Å². The van der Waals surface area contributed by atoms with Crippen LogP contribution >= 0.6 is 0 Å². The standard InChI is InChI=1S/C22H29N3O/c1-17(22(26)18-8-3-2-4-9-18)24-14-7-13-23-15-12-19-16-25-21-11-6-5-10-20(19)21/h2-6,8-11,16-17,22-26H,7,12-15H2,1H3. The summed E-state index contributed by atoms with van der Waals surface area (Å²) in [4.78, 5) is 3.32. The Kier molecular flexibility index (Phi) is 6.83. The van der Waals surface area contributed by atoms with Crippen molar-refractivity contribution in [2.24, 2.45) is 0 Å². The number of aliphatic hydroxyl groups is 1. The number of para-hydroxylation sites is 1. The van der Waals surface area contributed by atoms with Crippen molar-refractivity contribution in [2.75, 3.05) is 19.6 Å². The molecule has 1 heterocycles. The fraction of sp³-hybridized carbons (Fsp3) is 0.364. The Morgan fingerprint density at radius 3 is 2.58 bits per heavy atom. The van der Waals surface area contributed by atoms with Gasteiger partial charge in [-0.3, -0.25) is 0 Å². The Bertz CT molecular complexity index is 784. The van der Waals surface area contributed by atoms with E-state index >= 15 is 0 Å². The van der Waals surface area contributed by atoms with Gasteiger partial charge in [-0.2, -0.15) is 0 Å². The van der Waals surface area contributed by atoms with Crippen LogP contribution < -0.4 is 10.6 Å². The molecule has 0 aliphatic carbocycles. The van der Waals surface area contributed by atoms with E-state index in [4.69, 9.17) is 0 Å². The molecule has 4 N–H and O–H groups in total. The Labute approximate surface area is 155 Å². The molecule has 1 aromatic heterocycles. The highest BCUT2D eigenvalue weighted by Gasteiger charge is 2.14. The summed E-state index contributed by atoms with van der Waals surface area (Å²) in [7, 11) is 0. The van der Waals surface area contributed by atoms with E-state index in [1.54, 1.807) is 0 Å². The van der Waals surface area contributed by atoms with Gasteiger partial charge in [-0.05, 0) is 56.6 Å². The summed E-state index contributed by atoms with van der Waals surface area (Å²) in [6.45, 7) is 4.88. The van der Waals surface area contributed by atoms with Crippen LogP contribution in [0, 0.1) is 0 Å². The molecule has 0 bridgehead atoms. The minimum Gasteiger partial charge on any atom is -0.387 e. The van der Waals surface area contributed by atoms with Gasteiger partial charge >= 0.3 is 0 Å². The average molecular weight is 351 g/mol. The lowest BCUT2D eigenvalue weighted by Crippen LogP contribution is -2.34. The van der Waals surface area contributed by atoms with E-state index in [9.17, 15) is 5.11 Å². The number of H-pyrrole nitrogens is 1. The van der Waals surface area contributed by atoms with E-state index in [1.165, 1.54) is 16.5 Å². The van der Waals surface area contributed by atoms with Gasteiger partial charge in [0.2, 0.25) is 0 Å². The predicted octanol–water partition coefficient (Wildman–Crippen LogP) is 3.40. The fourth-order valence-electron chi connectivity index (χ4n) is 3.28. The van der Waals surface area contributed by atoms with Gasteiger partial charge in [0.1, 0.15) is 0 Å². The highest BCUT2D eigenvalue weighted by atomic mass is 16.3. The highest BCUT2D eigenvalue weighted by Crippen LogP contribution is 2.18.